The van der Waals surface area contributed by atoms with Gasteiger partial charge < -0.3 is 9.88 Å². The molecule has 0 radical (unpaired) electrons. The fourth-order valence-corrected chi connectivity index (χ4v) is 7.09. The highest BCUT2D eigenvalue weighted by Crippen LogP contribution is 2.42. The van der Waals surface area contributed by atoms with E-state index >= 15 is 0 Å². The van der Waals surface area contributed by atoms with E-state index in [0.717, 1.165) is 47.4 Å². The molecule has 2 saturated heterocycles. The van der Waals surface area contributed by atoms with E-state index in [1.165, 1.54) is 0 Å². The summed E-state index contributed by atoms with van der Waals surface area (Å²) >= 11 is 2.27. The van der Waals surface area contributed by atoms with Crippen LogP contribution in [-0.2, 0) is 4.79 Å². The molecule has 1 aromatic heterocycles. The third kappa shape index (κ3) is 5.01. The van der Waals surface area contributed by atoms with E-state index in [2.05, 4.69) is 59.7 Å². The maximum Gasteiger partial charge on any atom is 0.248 e. The van der Waals surface area contributed by atoms with E-state index in [0.29, 0.717) is 18.1 Å². The van der Waals surface area contributed by atoms with E-state index in [1.807, 2.05) is 25.1 Å². The summed E-state index contributed by atoms with van der Waals surface area (Å²) in [5, 5.41) is 11.8. The molecule has 3 fully saturated rings. The van der Waals surface area contributed by atoms with Gasteiger partial charge in [-0.3, -0.25) is 9.69 Å². The molecule has 2 aromatic rings. The molecule has 3 heterocycles. The van der Waals surface area contributed by atoms with Gasteiger partial charge in [-0.15, -0.1) is 10.2 Å². The number of carbonyl (C=O) groups excluding carboxylic acids is 1. The lowest BCUT2D eigenvalue weighted by Crippen LogP contribution is -2.48. The summed E-state index contributed by atoms with van der Waals surface area (Å²) in [4.78, 5) is 15.7. The van der Waals surface area contributed by atoms with Gasteiger partial charge in [0.1, 0.15) is 5.82 Å². The minimum absolute atomic E-state index is 0.0822. The van der Waals surface area contributed by atoms with Gasteiger partial charge in [-0.1, -0.05) is 30.3 Å². The van der Waals surface area contributed by atoms with Crippen molar-refractivity contribution in [3.63, 3.8) is 0 Å². The van der Waals surface area contributed by atoms with Crippen LogP contribution in [0.25, 0.3) is 0 Å². The molecule has 2 aliphatic heterocycles. The first kappa shape index (κ1) is 24.1. The number of amides is 1. The zero-order valence-corrected chi connectivity index (χ0v) is 21.6. The molecule has 3 aliphatic rings. The average molecular weight is 583 g/mol. The number of hydrogen-bond acceptors (Lipinski definition) is 4. The molecular formula is C25H32F2IN5O. The number of rotatable bonds is 6. The Bertz CT molecular complexity index is 972. The summed E-state index contributed by atoms with van der Waals surface area (Å²) in [6.45, 7) is 2.77. The van der Waals surface area contributed by atoms with Crippen molar-refractivity contribution in [3.05, 3.63) is 45.6 Å². The largest absolute Gasteiger partial charge is 0.348 e. The molecule has 184 valence electrons. The average Bonchev–Trinajstić information content (AvgIpc) is 3.26. The number of benzene rings is 1. The van der Waals surface area contributed by atoms with E-state index in [-0.39, 0.29) is 43.6 Å². The van der Waals surface area contributed by atoms with Crippen LogP contribution in [0.2, 0.25) is 0 Å². The fourth-order valence-electron chi connectivity index (χ4n) is 6.24. The van der Waals surface area contributed by atoms with Gasteiger partial charge in [-0.25, -0.2) is 8.78 Å². The van der Waals surface area contributed by atoms with Crippen LogP contribution in [-0.4, -0.2) is 50.1 Å². The molecule has 1 saturated carbocycles. The number of alkyl halides is 2. The van der Waals surface area contributed by atoms with Crippen LogP contribution < -0.4 is 5.32 Å². The van der Waals surface area contributed by atoms with Crippen molar-refractivity contribution in [1.82, 2.24) is 25.0 Å². The van der Waals surface area contributed by atoms with E-state index in [9.17, 15) is 13.6 Å². The number of nitrogens with one attached hydrogen (secondary N) is 1. The van der Waals surface area contributed by atoms with Gasteiger partial charge >= 0.3 is 0 Å². The van der Waals surface area contributed by atoms with Crippen LogP contribution in [0.5, 0.6) is 0 Å². The summed E-state index contributed by atoms with van der Waals surface area (Å²) < 4.78 is 30.4. The Kier molecular flexibility index (Phi) is 6.94. The lowest BCUT2D eigenvalue weighted by molar-refractivity contribution is -0.130. The molecule has 9 heteroatoms. The maximum absolute atomic E-state index is 13.6. The quantitative estimate of drug-likeness (QED) is 0.485. The lowest BCUT2D eigenvalue weighted by atomic mass is 9.86. The summed E-state index contributed by atoms with van der Waals surface area (Å²) in [5.74, 6) is -2.07. The van der Waals surface area contributed by atoms with E-state index in [1.54, 1.807) is 0 Å². The highest BCUT2D eigenvalue weighted by atomic mass is 127. The number of piperidine rings is 1. The highest BCUT2D eigenvalue weighted by molar-refractivity contribution is 14.1. The SMILES string of the molecule is Cc1nnc(I)n1C1CC2CCC(C1)N2C[C@H](NC(=O)C1CCC(F)(F)CC1)c1ccccc1. The summed E-state index contributed by atoms with van der Waals surface area (Å²) in [6, 6.07) is 11.2. The normalized spacial score (nSPS) is 28.1. The Morgan fingerprint density at radius 1 is 1.09 bits per heavy atom. The first-order valence-electron chi connectivity index (χ1n) is 12.4. The Morgan fingerprint density at radius 3 is 2.32 bits per heavy atom. The second kappa shape index (κ2) is 9.79. The molecule has 1 amide bonds. The molecule has 34 heavy (non-hydrogen) atoms. The minimum Gasteiger partial charge on any atom is -0.348 e. The molecule has 1 aliphatic carbocycles. The molecule has 0 spiro atoms. The molecule has 6 nitrogen and oxygen atoms in total. The second-order valence-electron chi connectivity index (χ2n) is 10.2. The molecule has 1 N–H and O–H groups in total. The van der Waals surface area contributed by atoms with E-state index < -0.39 is 5.92 Å². The van der Waals surface area contributed by atoms with Crippen LogP contribution in [0.1, 0.15) is 74.8 Å². The van der Waals surface area contributed by atoms with Crippen molar-refractivity contribution in [3.8, 4) is 0 Å². The number of carbonyl (C=O) groups is 1. The standard InChI is InChI=1S/C25H32F2IN5O/c1-16-30-31-24(28)33(16)21-13-19-7-8-20(14-21)32(19)15-22(17-5-3-2-4-6-17)29-23(34)18-9-11-25(26,27)12-10-18/h2-6,18-22H,7-15H2,1H3,(H,29,34)/t19?,20?,21?,22-/m0/s1. The smallest absolute Gasteiger partial charge is 0.248 e. The summed E-state index contributed by atoms with van der Waals surface area (Å²) in [7, 11) is 0. The number of nitrogens with zero attached hydrogens (tertiary/aromatic N) is 4. The second-order valence-corrected chi connectivity index (χ2v) is 11.2. The van der Waals surface area contributed by atoms with Crippen LogP contribution in [0.15, 0.2) is 30.3 Å². The van der Waals surface area contributed by atoms with Crippen LogP contribution in [0, 0.1) is 16.7 Å². The summed E-state index contributed by atoms with van der Waals surface area (Å²) in [5.41, 5.74) is 1.07. The van der Waals surface area contributed by atoms with Gasteiger partial charge in [0.05, 0.1) is 6.04 Å². The van der Waals surface area contributed by atoms with E-state index in [4.69, 9.17) is 0 Å². The first-order chi connectivity index (χ1) is 16.3. The van der Waals surface area contributed by atoms with Gasteiger partial charge in [0.2, 0.25) is 11.8 Å². The van der Waals surface area contributed by atoms with Gasteiger partial charge in [-0.2, -0.15) is 0 Å². The zero-order chi connectivity index (χ0) is 23.9. The Labute approximate surface area is 213 Å². The summed E-state index contributed by atoms with van der Waals surface area (Å²) in [6.07, 6.45) is 4.55. The number of fused-ring (bicyclic) bond motifs is 2. The van der Waals surface area contributed by atoms with Crippen molar-refractivity contribution in [1.29, 1.82) is 0 Å². The van der Waals surface area contributed by atoms with Crippen LogP contribution in [0.4, 0.5) is 8.78 Å². The number of halogens is 3. The van der Waals surface area contributed by atoms with Gasteiger partial charge in [0.15, 0.2) is 3.83 Å². The number of hydrogen-bond donors (Lipinski definition) is 1. The molecule has 1 aromatic carbocycles. The topological polar surface area (TPSA) is 63.1 Å². The van der Waals surface area contributed by atoms with Crippen molar-refractivity contribution in [2.24, 2.45) is 5.92 Å². The minimum atomic E-state index is -2.62. The van der Waals surface area contributed by atoms with Gasteiger partial charge in [-0.05, 0) is 51.0 Å². The molecule has 5 rings (SSSR count). The van der Waals surface area contributed by atoms with Gasteiger partial charge in [0, 0.05) is 66.0 Å². The number of aromatic nitrogens is 3. The molecule has 2 unspecified atom stereocenters. The molecule has 3 atom stereocenters. The Morgan fingerprint density at radius 2 is 1.74 bits per heavy atom. The Balaban J connectivity index is 1.29. The fraction of sp³-hybridized carbons (Fsp3) is 0.640. The zero-order valence-electron chi connectivity index (χ0n) is 19.5. The Hall–Kier alpha value is -1.62. The van der Waals surface area contributed by atoms with Crippen molar-refractivity contribution in [2.75, 3.05) is 6.54 Å². The van der Waals surface area contributed by atoms with Crippen molar-refractivity contribution >= 4 is 28.5 Å². The van der Waals surface area contributed by atoms with Gasteiger partial charge in [0.25, 0.3) is 0 Å². The predicted molar refractivity (Wildman–Crippen MR) is 133 cm³/mol. The van der Waals surface area contributed by atoms with Crippen LogP contribution >= 0.6 is 22.6 Å². The third-order valence-corrected chi connectivity index (χ3v) is 8.78. The maximum atomic E-state index is 13.6. The van der Waals surface area contributed by atoms with Crippen LogP contribution in [0.3, 0.4) is 0 Å². The highest BCUT2D eigenvalue weighted by Gasteiger charge is 2.43. The molecule has 2 bridgehead atoms. The predicted octanol–water partition coefficient (Wildman–Crippen LogP) is 5.04. The lowest BCUT2D eigenvalue weighted by Gasteiger charge is -2.41. The first-order valence-corrected chi connectivity index (χ1v) is 13.4. The third-order valence-electron chi connectivity index (χ3n) is 8.05. The van der Waals surface area contributed by atoms with Crippen molar-refractivity contribution in [2.45, 2.75) is 88.4 Å². The van der Waals surface area contributed by atoms with Crippen molar-refractivity contribution < 1.29 is 13.6 Å². The molecular weight excluding hydrogens is 551 g/mol. The monoisotopic (exact) mass is 583 g/mol. The number of aryl methyl sites for hydroxylation is 1.